The Morgan fingerprint density at radius 1 is 1.46 bits per heavy atom. The van der Waals surface area contributed by atoms with Crippen LogP contribution in [0.4, 0.5) is 0 Å². The molecule has 0 saturated carbocycles. The fourth-order valence-electron chi connectivity index (χ4n) is 0.667. The lowest BCUT2D eigenvalue weighted by Crippen LogP contribution is -2.19. The second-order valence-electron chi connectivity index (χ2n) is 3.07. The molecule has 76 valence electrons. The van der Waals surface area contributed by atoms with Gasteiger partial charge in [0.25, 0.3) is 0 Å². The normalized spacial score (nSPS) is 14.8. The summed E-state index contributed by atoms with van der Waals surface area (Å²) in [6.07, 6.45) is -1.03. The maximum absolute atomic E-state index is 10.9. The Morgan fingerprint density at radius 2 is 2.00 bits per heavy atom. The topological polar surface area (TPSA) is 66.8 Å². The van der Waals surface area contributed by atoms with Gasteiger partial charge in [-0.25, -0.2) is 4.79 Å². The molecular formula is C9H16O4. The van der Waals surface area contributed by atoms with Crippen LogP contribution in [0.3, 0.4) is 0 Å². The Kier molecular flexibility index (Phi) is 5.34. The molecule has 0 aliphatic rings. The van der Waals surface area contributed by atoms with Crippen LogP contribution in [0.1, 0.15) is 26.7 Å². The monoisotopic (exact) mass is 188 g/mol. The number of ether oxygens (including phenoxy) is 1. The van der Waals surface area contributed by atoms with Crippen molar-refractivity contribution < 1.29 is 19.7 Å². The van der Waals surface area contributed by atoms with E-state index in [1.807, 2.05) is 0 Å². The molecule has 0 spiro atoms. The van der Waals surface area contributed by atoms with Crippen LogP contribution in [0.5, 0.6) is 0 Å². The van der Waals surface area contributed by atoms with Crippen molar-refractivity contribution in [3.63, 3.8) is 0 Å². The Labute approximate surface area is 77.8 Å². The first-order valence-corrected chi connectivity index (χ1v) is 4.16. The predicted octanol–water partition coefficient (Wildman–Crippen LogP) is 0.585. The Bertz CT molecular complexity index is 186. The van der Waals surface area contributed by atoms with Gasteiger partial charge < -0.3 is 14.9 Å². The minimum Gasteiger partial charge on any atom is -0.433 e. The van der Waals surface area contributed by atoms with Crippen LogP contribution in [-0.4, -0.2) is 28.6 Å². The molecule has 4 nitrogen and oxygen atoms in total. The van der Waals surface area contributed by atoms with Crippen LogP contribution < -0.4 is 0 Å². The van der Waals surface area contributed by atoms with E-state index in [4.69, 9.17) is 10.2 Å². The second-order valence-corrected chi connectivity index (χ2v) is 3.07. The smallest absolute Gasteiger partial charge is 0.335 e. The lowest BCUT2D eigenvalue weighted by Gasteiger charge is -2.12. The highest BCUT2D eigenvalue weighted by molar-refractivity contribution is 5.86. The van der Waals surface area contributed by atoms with E-state index in [1.54, 1.807) is 6.92 Å². The van der Waals surface area contributed by atoms with Gasteiger partial charge in [0.1, 0.15) is 0 Å². The number of hydrogen-bond acceptors (Lipinski definition) is 4. The molecule has 0 aromatic heterocycles. The summed E-state index contributed by atoms with van der Waals surface area (Å²) in [5, 5.41) is 18.0. The highest BCUT2D eigenvalue weighted by Crippen LogP contribution is 2.04. The molecule has 0 radical (unpaired) electrons. The maximum Gasteiger partial charge on any atom is 0.335 e. The minimum atomic E-state index is -1.15. The van der Waals surface area contributed by atoms with E-state index in [0.717, 1.165) is 0 Å². The highest BCUT2D eigenvalue weighted by Gasteiger charge is 2.11. The first-order chi connectivity index (χ1) is 5.93. The van der Waals surface area contributed by atoms with Crippen LogP contribution in [0.15, 0.2) is 12.2 Å². The number of esters is 1. The Balaban J connectivity index is 3.68. The number of carbonyl (C=O) groups is 1. The molecule has 0 saturated heterocycles. The SMILES string of the molecule is C=C(C)C(=O)OC(O)CCC(C)O. The van der Waals surface area contributed by atoms with Gasteiger partial charge in [-0.2, -0.15) is 0 Å². The van der Waals surface area contributed by atoms with Crippen molar-refractivity contribution in [2.24, 2.45) is 0 Å². The molecule has 4 heteroatoms. The van der Waals surface area contributed by atoms with Gasteiger partial charge in [-0.3, -0.25) is 0 Å². The van der Waals surface area contributed by atoms with Crippen LogP contribution >= 0.6 is 0 Å². The molecule has 0 heterocycles. The standard InChI is InChI=1S/C9H16O4/c1-6(2)9(12)13-8(11)5-4-7(3)10/h7-8,10-11H,1,4-5H2,2-3H3. The van der Waals surface area contributed by atoms with Crippen molar-refractivity contribution in [1.82, 2.24) is 0 Å². The van der Waals surface area contributed by atoms with Gasteiger partial charge in [-0.15, -0.1) is 0 Å². The number of carbonyl (C=O) groups excluding carboxylic acids is 1. The summed E-state index contributed by atoms with van der Waals surface area (Å²) in [4.78, 5) is 10.9. The first kappa shape index (κ1) is 12.1. The molecule has 13 heavy (non-hydrogen) atoms. The number of hydrogen-bond donors (Lipinski definition) is 2. The van der Waals surface area contributed by atoms with Crippen molar-refractivity contribution in [3.05, 3.63) is 12.2 Å². The Hall–Kier alpha value is -0.870. The zero-order valence-electron chi connectivity index (χ0n) is 7.99. The van der Waals surface area contributed by atoms with Crippen LogP contribution in [0.25, 0.3) is 0 Å². The summed E-state index contributed by atoms with van der Waals surface area (Å²) in [6.45, 7) is 6.48. The highest BCUT2D eigenvalue weighted by atomic mass is 16.6. The third kappa shape index (κ3) is 6.31. The zero-order valence-corrected chi connectivity index (χ0v) is 7.99. The molecule has 0 aromatic rings. The molecule has 0 aliphatic heterocycles. The quantitative estimate of drug-likeness (QED) is 0.376. The molecule has 0 fully saturated rings. The molecule has 0 bridgehead atoms. The van der Waals surface area contributed by atoms with E-state index < -0.39 is 18.4 Å². The van der Waals surface area contributed by atoms with Crippen LogP contribution in [-0.2, 0) is 9.53 Å². The largest absolute Gasteiger partial charge is 0.433 e. The fraction of sp³-hybridized carbons (Fsp3) is 0.667. The molecule has 0 amide bonds. The molecular weight excluding hydrogens is 172 g/mol. The summed E-state index contributed by atoms with van der Waals surface area (Å²) in [5.74, 6) is -0.613. The van der Waals surface area contributed by atoms with Gasteiger partial charge in [-0.1, -0.05) is 6.58 Å². The van der Waals surface area contributed by atoms with Gasteiger partial charge in [0, 0.05) is 12.0 Å². The van der Waals surface area contributed by atoms with Crippen molar-refractivity contribution in [1.29, 1.82) is 0 Å². The van der Waals surface area contributed by atoms with E-state index in [9.17, 15) is 4.79 Å². The first-order valence-electron chi connectivity index (χ1n) is 4.16. The minimum absolute atomic E-state index is 0.233. The van der Waals surface area contributed by atoms with Crippen LogP contribution in [0.2, 0.25) is 0 Å². The predicted molar refractivity (Wildman–Crippen MR) is 47.8 cm³/mol. The average molecular weight is 188 g/mol. The number of aliphatic hydroxyl groups is 2. The molecule has 0 aliphatic carbocycles. The molecule has 2 N–H and O–H groups in total. The molecule has 2 atom stereocenters. The lowest BCUT2D eigenvalue weighted by molar-refractivity contribution is -0.164. The van der Waals surface area contributed by atoms with E-state index in [-0.39, 0.29) is 12.0 Å². The van der Waals surface area contributed by atoms with Crippen molar-refractivity contribution >= 4 is 5.97 Å². The third-order valence-electron chi connectivity index (χ3n) is 1.42. The van der Waals surface area contributed by atoms with E-state index >= 15 is 0 Å². The summed E-state index contributed by atoms with van der Waals surface area (Å²) in [5.41, 5.74) is 0.246. The molecule has 0 rings (SSSR count). The van der Waals surface area contributed by atoms with Gasteiger partial charge in [0.15, 0.2) is 0 Å². The van der Waals surface area contributed by atoms with Gasteiger partial charge in [0.05, 0.1) is 6.10 Å². The van der Waals surface area contributed by atoms with Crippen molar-refractivity contribution in [2.45, 2.75) is 39.1 Å². The van der Waals surface area contributed by atoms with E-state index in [0.29, 0.717) is 6.42 Å². The average Bonchev–Trinajstić information content (AvgIpc) is 2.00. The summed E-state index contributed by atoms with van der Waals surface area (Å²) in [7, 11) is 0. The van der Waals surface area contributed by atoms with Crippen molar-refractivity contribution in [2.75, 3.05) is 0 Å². The number of rotatable bonds is 5. The van der Waals surface area contributed by atoms with Gasteiger partial charge in [-0.05, 0) is 20.3 Å². The summed E-state index contributed by atoms with van der Waals surface area (Å²) in [6, 6.07) is 0. The summed E-state index contributed by atoms with van der Waals surface area (Å²) < 4.78 is 4.57. The summed E-state index contributed by atoms with van der Waals surface area (Å²) >= 11 is 0. The lowest BCUT2D eigenvalue weighted by atomic mass is 10.2. The van der Waals surface area contributed by atoms with Gasteiger partial charge >= 0.3 is 5.97 Å². The number of aliphatic hydroxyl groups excluding tert-OH is 2. The van der Waals surface area contributed by atoms with E-state index in [2.05, 4.69) is 11.3 Å². The maximum atomic E-state index is 10.9. The van der Waals surface area contributed by atoms with Crippen LogP contribution in [0, 0.1) is 0 Å². The molecule has 2 unspecified atom stereocenters. The zero-order chi connectivity index (χ0) is 10.4. The van der Waals surface area contributed by atoms with E-state index in [1.165, 1.54) is 6.92 Å². The second kappa shape index (κ2) is 5.72. The van der Waals surface area contributed by atoms with Crippen molar-refractivity contribution in [3.8, 4) is 0 Å². The third-order valence-corrected chi connectivity index (χ3v) is 1.42. The molecule has 0 aromatic carbocycles. The van der Waals surface area contributed by atoms with Gasteiger partial charge in [0.2, 0.25) is 6.29 Å². The Morgan fingerprint density at radius 3 is 2.38 bits per heavy atom. The fourth-order valence-corrected chi connectivity index (χ4v) is 0.667.